The van der Waals surface area contributed by atoms with E-state index in [9.17, 15) is 9.59 Å². The van der Waals surface area contributed by atoms with Crippen LogP contribution in [0, 0.1) is 0 Å². The zero-order valence-electron chi connectivity index (χ0n) is 11.4. The van der Waals surface area contributed by atoms with E-state index in [0.717, 1.165) is 6.42 Å². The molecule has 0 aromatic rings. The van der Waals surface area contributed by atoms with E-state index in [1.54, 1.807) is 7.05 Å². The molecular formula is C12H25N3O2. The highest BCUT2D eigenvalue weighted by Crippen LogP contribution is 2.08. The molecule has 17 heavy (non-hydrogen) atoms. The molecule has 5 nitrogen and oxygen atoms in total. The molecular weight excluding hydrogens is 218 g/mol. The van der Waals surface area contributed by atoms with E-state index in [0.29, 0.717) is 19.4 Å². The molecule has 0 bridgehead atoms. The third kappa shape index (κ3) is 8.68. The lowest BCUT2D eigenvalue weighted by atomic mass is 10.00. The van der Waals surface area contributed by atoms with Crippen LogP contribution < -0.4 is 11.1 Å². The number of carbonyl (C=O) groups excluding carboxylic acids is 2. The molecule has 0 spiro atoms. The molecule has 100 valence electrons. The lowest BCUT2D eigenvalue weighted by molar-refractivity contribution is -0.134. The van der Waals surface area contributed by atoms with Gasteiger partial charge in [-0.15, -0.1) is 0 Å². The summed E-state index contributed by atoms with van der Waals surface area (Å²) in [6.45, 7) is 6.52. The number of likely N-dealkylation sites (N-methyl/N-ethyl adjacent to an activating group) is 1. The van der Waals surface area contributed by atoms with Crippen molar-refractivity contribution in [1.82, 2.24) is 10.2 Å². The predicted molar refractivity (Wildman–Crippen MR) is 68.4 cm³/mol. The Balaban J connectivity index is 3.93. The van der Waals surface area contributed by atoms with Crippen LogP contribution in [0.25, 0.3) is 0 Å². The van der Waals surface area contributed by atoms with Gasteiger partial charge < -0.3 is 16.0 Å². The minimum absolute atomic E-state index is 0.0461. The Hall–Kier alpha value is -1.10. The first-order valence-electron chi connectivity index (χ1n) is 6.06. The highest BCUT2D eigenvalue weighted by molar-refractivity contribution is 5.84. The Morgan fingerprint density at radius 2 is 1.94 bits per heavy atom. The zero-order chi connectivity index (χ0) is 13.5. The standard InChI is InChI=1S/C12H25N3O2/c1-5-8-14-10(16)9-15(4)11(17)6-7-12(2,3)13/h5-9,13H2,1-4H3,(H,14,16). The number of nitrogens with zero attached hydrogens (tertiary/aromatic N) is 1. The lowest BCUT2D eigenvalue weighted by Crippen LogP contribution is -2.40. The molecule has 0 saturated heterocycles. The first-order valence-corrected chi connectivity index (χ1v) is 6.06. The Morgan fingerprint density at radius 3 is 2.41 bits per heavy atom. The van der Waals surface area contributed by atoms with Crippen LogP contribution in [0.2, 0.25) is 0 Å². The summed E-state index contributed by atoms with van der Waals surface area (Å²) in [5.74, 6) is -0.162. The number of amides is 2. The van der Waals surface area contributed by atoms with Gasteiger partial charge >= 0.3 is 0 Å². The fourth-order valence-corrected chi connectivity index (χ4v) is 1.24. The van der Waals surface area contributed by atoms with E-state index in [2.05, 4.69) is 5.32 Å². The van der Waals surface area contributed by atoms with Crippen molar-refractivity contribution in [2.75, 3.05) is 20.1 Å². The summed E-state index contributed by atoms with van der Waals surface area (Å²) >= 11 is 0. The van der Waals surface area contributed by atoms with Crippen LogP contribution in [0.5, 0.6) is 0 Å². The molecule has 0 aromatic carbocycles. The van der Waals surface area contributed by atoms with Crippen LogP contribution in [0.4, 0.5) is 0 Å². The van der Waals surface area contributed by atoms with Crippen molar-refractivity contribution in [2.24, 2.45) is 5.73 Å². The Kier molecular flexibility index (Phi) is 6.80. The molecule has 0 aliphatic carbocycles. The number of nitrogens with one attached hydrogen (secondary N) is 1. The van der Waals surface area contributed by atoms with Crippen LogP contribution >= 0.6 is 0 Å². The molecule has 0 unspecified atom stereocenters. The van der Waals surface area contributed by atoms with Crippen LogP contribution in [0.15, 0.2) is 0 Å². The van der Waals surface area contributed by atoms with Gasteiger partial charge in [-0.1, -0.05) is 6.92 Å². The molecule has 0 fully saturated rings. The first-order chi connectivity index (χ1) is 7.76. The molecule has 0 aromatic heterocycles. The second kappa shape index (κ2) is 7.27. The van der Waals surface area contributed by atoms with Crippen molar-refractivity contribution in [2.45, 2.75) is 45.6 Å². The predicted octanol–water partition coefficient (Wildman–Crippen LogP) is 0.489. The summed E-state index contributed by atoms with van der Waals surface area (Å²) < 4.78 is 0. The van der Waals surface area contributed by atoms with Gasteiger partial charge in [0.15, 0.2) is 0 Å². The fourth-order valence-electron chi connectivity index (χ4n) is 1.24. The smallest absolute Gasteiger partial charge is 0.239 e. The van der Waals surface area contributed by atoms with Gasteiger partial charge in [0.25, 0.3) is 0 Å². The molecule has 2 amide bonds. The molecule has 5 heteroatoms. The third-order valence-electron chi connectivity index (χ3n) is 2.36. The van der Waals surface area contributed by atoms with Gasteiger partial charge in [-0.3, -0.25) is 9.59 Å². The summed E-state index contributed by atoms with van der Waals surface area (Å²) in [6.07, 6.45) is 1.89. The number of hydrogen-bond donors (Lipinski definition) is 2. The minimum Gasteiger partial charge on any atom is -0.355 e. The van der Waals surface area contributed by atoms with Crippen molar-refractivity contribution in [3.63, 3.8) is 0 Å². The number of nitrogens with two attached hydrogens (primary N) is 1. The largest absolute Gasteiger partial charge is 0.355 e. The summed E-state index contributed by atoms with van der Waals surface area (Å²) in [5.41, 5.74) is 5.45. The maximum absolute atomic E-state index is 11.7. The average Bonchev–Trinajstić information content (AvgIpc) is 2.21. The number of rotatable bonds is 7. The van der Waals surface area contributed by atoms with Crippen molar-refractivity contribution in [3.05, 3.63) is 0 Å². The molecule has 0 aliphatic rings. The van der Waals surface area contributed by atoms with E-state index in [1.807, 2.05) is 20.8 Å². The molecule has 0 atom stereocenters. The van der Waals surface area contributed by atoms with Crippen LogP contribution in [0.1, 0.15) is 40.0 Å². The fraction of sp³-hybridized carbons (Fsp3) is 0.833. The Bertz CT molecular complexity index is 259. The molecule has 0 rings (SSSR count). The summed E-state index contributed by atoms with van der Waals surface area (Å²) in [5, 5.41) is 2.73. The second-order valence-corrected chi connectivity index (χ2v) is 5.09. The van der Waals surface area contributed by atoms with E-state index < -0.39 is 0 Å². The third-order valence-corrected chi connectivity index (χ3v) is 2.36. The highest BCUT2D eigenvalue weighted by atomic mass is 16.2. The number of hydrogen-bond acceptors (Lipinski definition) is 3. The van der Waals surface area contributed by atoms with Gasteiger partial charge in [0.1, 0.15) is 0 Å². The molecule has 0 heterocycles. The van der Waals surface area contributed by atoms with Crippen LogP contribution in [0.3, 0.4) is 0 Å². The maximum atomic E-state index is 11.7. The second-order valence-electron chi connectivity index (χ2n) is 5.09. The summed E-state index contributed by atoms with van der Waals surface area (Å²) in [6, 6.07) is 0. The first kappa shape index (κ1) is 15.9. The quantitative estimate of drug-likeness (QED) is 0.683. The van der Waals surface area contributed by atoms with Crippen molar-refractivity contribution in [1.29, 1.82) is 0 Å². The molecule has 3 N–H and O–H groups in total. The maximum Gasteiger partial charge on any atom is 0.239 e. The topological polar surface area (TPSA) is 75.4 Å². The van der Waals surface area contributed by atoms with Crippen molar-refractivity contribution >= 4 is 11.8 Å². The SMILES string of the molecule is CCCNC(=O)CN(C)C(=O)CCC(C)(C)N. The molecule has 0 radical (unpaired) electrons. The van der Waals surface area contributed by atoms with Gasteiger partial charge in [-0.05, 0) is 26.7 Å². The number of carbonyl (C=O) groups is 2. The zero-order valence-corrected chi connectivity index (χ0v) is 11.4. The van der Waals surface area contributed by atoms with Crippen LogP contribution in [-0.4, -0.2) is 42.4 Å². The Labute approximate surface area is 104 Å². The van der Waals surface area contributed by atoms with E-state index in [1.165, 1.54) is 4.90 Å². The van der Waals surface area contributed by atoms with Gasteiger partial charge in [0, 0.05) is 25.6 Å². The van der Waals surface area contributed by atoms with Crippen LogP contribution in [-0.2, 0) is 9.59 Å². The summed E-state index contributed by atoms with van der Waals surface area (Å²) in [7, 11) is 1.64. The van der Waals surface area contributed by atoms with Crippen molar-refractivity contribution in [3.8, 4) is 0 Å². The van der Waals surface area contributed by atoms with Gasteiger partial charge in [-0.2, -0.15) is 0 Å². The van der Waals surface area contributed by atoms with Gasteiger partial charge in [0.2, 0.25) is 11.8 Å². The normalized spacial score (nSPS) is 11.1. The highest BCUT2D eigenvalue weighted by Gasteiger charge is 2.17. The Morgan fingerprint density at radius 1 is 1.35 bits per heavy atom. The average molecular weight is 243 g/mol. The lowest BCUT2D eigenvalue weighted by Gasteiger charge is -2.21. The van der Waals surface area contributed by atoms with Crippen molar-refractivity contribution < 1.29 is 9.59 Å². The van der Waals surface area contributed by atoms with E-state index >= 15 is 0 Å². The van der Waals surface area contributed by atoms with Gasteiger partial charge in [-0.25, -0.2) is 0 Å². The minimum atomic E-state index is -0.346. The summed E-state index contributed by atoms with van der Waals surface area (Å²) in [4.78, 5) is 24.5. The van der Waals surface area contributed by atoms with E-state index in [-0.39, 0.29) is 23.9 Å². The molecule has 0 aliphatic heterocycles. The van der Waals surface area contributed by atoms with E-state index in [4.69, 9.17) is 5.73 Å². The molecule has 0 saturated carbocycles. The monoisotopic (exact) mass is 243 g/mol. The van der Waals surface area contributed by atoms with Gasteiger partial charge in [0.05, 0.1) is 6.54 Å².